The molecule has 2 aliphatic heterocycles. The van der Waals surface area contributed by atoms with Gasteiger partial charge in [-0.15, -0.1) is 12.4 Å². The summed E-state index contributed by atoms with van der Waals surface area (Å²) in [4.78, 5) is 39.4. The molecule has 3 rings (SSSR count). The van der Waals surface area contributed by atoms with Crippen LogP contribution in [0.3, 0.4) is 0 Å². The second kappa shape index (κ2) is 7.63. The smallest absolute Gasteiger partial charge is 0.244 e. The fourth-order valence-corrected chi connectivity index (χ4v) is 2.98. The van der Waals surface area contributed by atoms with Crippen LogP contribution in [0.15, 0.2) is 24.3 Å². The van der Waals surface area contributed by atoms with E-state index in [1.165, 1.54) is 4.90 Å². The van der Waals surface area contributed by atoms with Crippen LogP contribution in [0.5, 0.6) is 0 Å². The summed E-state index contributed by atoms with van der Waals surface area (Å²) < 4.78 is 0. The Hall–Kier alpha value is -2.12. The Kier molecular flexibility index (Phi) is 5.80. The van der Waals surface area contributed by atoms with E-state index in [0.717, 1.165) is 6.42 Å². The van der Waals surface area contributed by atoms with E-state index in [1.54, 1.807) is 23.1 Å². The lowest BCUT2D eigenvalue weighted by Gasteiger charge is -2.29. The average molecular weight is 353 g/mol. The van der Waals surface area contributed by atoms with Crippen molar-refractivity contribution in [2.45, 2.75) is 25.3 Å². The number of amides is 3. The first kappa shape index (κ1) is 18.2. The molecule has 3 amide bonds. The van der Waals surface area contributed by atoms with E-state index in [2.05, 4.69) is 5.32 Å². The Morgan fingerprint density at radius 2 is 1.92 bits per heavy atom. The number of nitrogens with one attached hydrogen (secondary N) is 1. The highest BCUT2D eigenvalue weighted by molar-refractivity contribution is 6.10. The minimum Gasteiger partial charge on any atom is -0.341 e. The lowest BCUT2D eigenvalue weighted by Crippen LogP contribution is -2.42. The second-order valence-corrected chi connectivity index (χ2v) is 5.93. The van der Waals surface area contributed by atoms with Crippen molar-refractivity contribution < 1.29 is 14.4 Å². The number of rotatable bonds is 3. The summed E-state index contributed by atoms with van der Waals surface area (Å²) in [6.45, 7) is 1.20. The number of nitrogens with two attached hydrogens (primary N) is 1. The lowest BCUT2D eigenvalue weighted by atomic mass is 10.1. The second-order valence-electron chi connectivity index (χ2n) is 5.93. The number of fused-ring (bicyclic) bond motifs is 1. The summed E-state index contributed by atoms with van der Waals surface area (Å²) >= 11 is 0. The largest absolute Gasteiger partial charge is 0.341 e. The maximum atomic E-state index is 12.4. The molecule has 1 aromatic carbocycles. The van der Waals surface area contributed by atoms with Gasteiger partial charge in [0.15, 0.2) is 0 Å². The van der Waals surface area contributed by atoms with Crippen LogP contribution in [0.25, 0.3) is 0 Å². The number of likely N-dealkylation sites (tertiary alicyclic amines) is 1. The first-order chi connectivity index (χ1) is 11.0. The monoisotopic (exact) mass is 352 g/mol. The van der Waals surface area contributed by atoms with Crippen molar-refractivity contribution in [3.05, 3.63) is 24.3 Å². The van der Waals surface area contributed by atoms with Gasteiger partial charge >= 0.3 is 0 Å². The Morgan fingerprint density at radius 3 is 2.62 bits per heavy atom. The molecule has 0 aromatic heterocycles. The van der Waals surface area contributed by atoms with Gasteiger partial charge in [-0.25, -0.2) is 0 Å². The van der Waals surface area contributed by atoms with Gasteiger partial charge in [-0.1, -0.05) is 12.1 Å². The molecule has 8 heteroatoms. The Bertz CT molecular complexity index is 652. The maximum absolute atomic E-state index is 12.4. The third-order valence-corrected chi connectivity index (χ3v) is 4.20. The highest BCUT2D eigenvalue weighted by Crippen LogP contribution is 2.29. The van der Waals surface area contributed by atoms with Crippen molar-refractivity contribution >= 4 is 41.5 Å². The standard InChI is InChI=1S/C16H20N4O3.ClH/c17-11-7-8-19(9-11)15(22)5-6-16(23)20-10-14(21)18-12-3-1-2-4-13(12)20;/h1-4,11H,5-10,17H2,(H,18,21);1H/t11-;/m1./s1. The summed E-state index contributed by atoms with van der Waals surface area (Å²) in [6, 6.07) is 7.19. The van der Waals surface area contributed by atoms with Crippen LogP contribution in [-0.2, 0) is 14.4 Å². The minimum absolute atomic E-state index is 0. The predicted octanol–water partition coefficient (Wildman–Crippen LogP) is 0.733. The fraction of sp³-hybridized carbons (Fsp3) is 0.438. The Balaban J connectivity index is 0.00000208. The Labute approximate surface area is 146 Å². The van der Waals surface area contributed by atoms with Crippen LogP contribution in [0.4, 0.5) is 11.4 Å². The van der Waals surface area contributed by atoms with Gasteiger partial charge in [0.1, 0.15) is 6.54 Å². The van der Waals surface area contributed by atoms with Crippen molar-refractivity contribution in [3.63, 3.8) is 0 Å². The molecule has 3 N–H and O–H groups in total. The Morgan fingerprint density at radius 1 is 1.21 bits per heavy atom. The van der Waals surface area contributed by atoms with Crippen LogP contribution in [0.1, 0.15) is 19.3 Å². The summed E-state index contributed by atoms with van der Waals surface area (Å²) in [5, 5.41) is 2.74. The molecule has 1 saturated heterocycles. The quantitative estimate of drug-likeness (QED) is 0.838. The van der Waals surface area contributed by atoms with Gasteiger partial charge in [0, 0.05) is 32.0 Å². The lowest BCUT2D eigenvalue weighted by molar-refractivity contribution is -0.132. The minimum atomic E-state index is -0.228. The number of carbonyl (C=O) groups is 3. The zero-order valence-electron chi connectivity index (χ0n) is 13.2. The molecule has 1 atom stereocenters. The van der Waals surface area contributed by atoms with Gasteiger partial charge in [0.25, 0.3) is 0 Å². The topological polar surface area (TPSA) is 95.7 Å². The summed E-state index contributed by atoms with van der Waals surface area (Å²) in [6.07, 6.45) is 1.04. The number of hydrogen-bond acceptors (Lipinski definition) is 4. The zero-order chi connectivity index (χ0) is 16.4. The molecule has 0 radical (unpaired) electrons. The number of benzene rings is 1. The molecule has 2 heterocycles. The van der Waals surface area contributed by atoms with Crippen LogP contribution in [0, 0.1) is 0 Å². The van der Waals surface area contributed by atoms with Crippen molar-refractivity contribution in [2.75, 3.05) is 29.9 Å². The molecule has 2 aliphatic rings. The molecule has 1 fully saturated rings. The molecule has 0 spiro atoms. The number of para-hydroxylation sites is 2. The van der Waals surface area contributed by atoms with E-state index in [4.69, 9.17) is 5.73 Å². The first-order valence-electron chi connectivity index (χ1n) is 7.77. The third-order valence-electron chi connectivity index (χ3n) is 4.20. The van der Waals surface area contributed by atoms with E-state index in [0.29, 0.717) is 24.5 Å². The van der Waals surface area contributed by atoms with Gasteiger partial charge in [-0.05, 0) is 18.6 Å². The number of anilines is 2. The molecule has 1 aromatic rings. The number of hydrogen-bond donors (Lipinski definition) is 2. The summed E-state index contributed by atoms with van der Waals surface area (Å²) in [7, 11) is 0. The van der Waals surface area contributed by atoms with Gasteiger partial charge < -0.3 is 20.9 Å². The molecule has 130 valence electrons. The molecule has 0 unspecified atom stereocenters. The van der Waals surface area contributed by atoms with E-state index >= 15 is 0 Å². The SMILES string of the molecule is Cl.N[C@@H]1CCN(C(=O)CCC(=O)N2CC(=O)Nc3ccccc32)C1. The van der Waals surface area contributed by atoms with Gasteiger partial charge in [-0.2, -0.15) is 0 Å². The van der Waals surface area contributed by atoms with Gasteiger partial charge in [0.05, 0.1) is 11.4 Å². The third kappa shape index (κ3) is 3.85. The number of nitrogens with zero attached hydrogens (tertiary/aromatic N) is 2. The number of carbonyl (C=O) groups excluding carboxylic acids is 3. The van der Waals surface area contributed by atoms with Crippen LogP contribution >= 0.6 is 12.4 Å². The van der Waals surface area contributed by atoms with E-state index in [9.17, 15) is 14.4 Å². The van der Waals surface area contributed by atoms with Crippen LogP contribution in [-0.4, -0.2) is 48.3 Å². The molecular formula is C16H21ClN4O3. The van der Waals surface area contributed by atoms with Crippen molar-refractivity contribution in [1.29, 1.82) is 0 Å². The average Bonchev–Trinajstić information content (AvgIpc) is 2.98. The van der Waals surface area contributed by atoms with Crippen molar-refractivity contribution in [2.24, 2.45) is 5.73 Å². The predicted molar refractivity (Wildman–Crippen MR) is 93.1 cm³/mol. The molecule has 0 aliphatic carbocycles. The summed E-state index contributed by atoms with van der Waals surface area (Å²) in [5.41, 5.74) is 7.08. The van der Waals surface area contributed by atoms with E-state index in [1.807, 2.05) is 6.07 Å². The molecular weight excluding hydrogens is 332 g/mol. The molecule has 0 saturated carbocycles. The van der Waals surface area contributed by atoms with Crippen molar-refractivity contribution in [3.8, 4) is 0 Å². The van der Waals surface area contributed by atoms with Gasteiger partial charge in [-0.3, -0.25) is 14.4 Å². The summed E-state index contributed by atoms with van der Waals surface area (Å²) in [5.74, 6) is -0.501. The highest BCUT2D eigenvalue weighted by atomic mass is 35.5. The van der Waals surface area contributed by atoms with Crippen LogP contribution in [0.2, 0.25) is 0 Å². The molecule has 0 bridgehead atoms. The number of halogens is 1. The molecule has 24 heavy (non-hydrogen) atoms. The maximum Gasteiger partial charge on any atom is 0.244 e. The zero-order valence-corrected chi connectivity index (χ0v) is 14.1. The normalized spacial score (nSPS) is 19.4. The van der Waals surface area contributed by atoms with E-state index in [-0.39, 0.29) is 55.6 Å². The van der Waals surface area contributed by atoms with E-state index < -0.39 is 0 Å². The highest BCUT2D eigenvalue weighted by Gasteiger charge is 2.28. The fourth-order valence-electron chi connectivity index (χ4n) is 2.98. The van der Waals surface area contributed by atoms with Crippen molar-refractivity contribution in [1.82, 2.24) is 4.90 Å². The first-order valence-corrected chi connectivity index (χ1v) is 7.77. The van der Waals surface area contributed by atoms with Gasteiger partial charge in [0.2, 0.25) is 17.7 Å². The van der Waals surface area contributed by atoms with Crippen LogP contribution < -0.4 is 16.0 Å². The molecule has 7 nitrogen and oxygen atoms in total.